The summed E-state index contributed by atoms with van der Waals surface area (Å²) in [6, 6.07) is 11.3. The normalized spacial score (nSPS) is 13.2. The molecule has 0 heterocycles. The average Bonchev–Trinajstić information content (AvgIpc) is 2.67. The summed E-state index contributed by atoms with van der Waals surface area (Å²) in [5.41, 5.74) is 2.71. The Morgan fingerprint density at radius 3 is 2.10 bits per heavy atom. The Labute approximate surface area is 184 Å². The maximum atomic E-state index is 11.3. The van der Waals surface area contributed by atoms with Crippen LogP contribution in [0.3, 0.4) is 0 Å². The Morgan fingerprint density at radius 1 is 1.07 bits per heavy atom. The molecule has 2 rings (SSSR count). The predicted molar refractivity (Wildman–Crippen MR) is 122 cm³/mol. The number of hydrogen-bond acceptors (Lipinski definition) is 3. The summed E-state index contributed by atoms with van der Waals surface area (Å²) in [6.07, 6.45) is 1.13. The molecule has 164 valence electrons. The lowest BCUT2D eigenvalue weighted by Gasteiger charge is -2.34. The monoisotopic (exact) mass is 432 g/mol. The van der Waals surface area contributed by atoms with Crippen LogP contribution in [-0.2, 0) is 5.41 Å². The molecule has 0 aliphatic carbocycles. The van der Waals surface area contributed by atoms with Crippen LogP contribution in [0.1, 0.15) is 74.5 Å². The molecule has 0 fully saturated rings. The van der Waals surface area contributed by atoms with E-state index in [9.17, 15) is 15.0 Å². The molecule has 30 heavy (non-hydrogen) atoms. The minimum absolute atomic E-state index is 0.110. The molecule has 0 amide bonds. The van der Waals surface area contributed by atoms with Crippen LogP contribution >= 0.6 is 11.6 Å². The first kappa shape index (κ1) is 24.2. The third kappa shape index (κ3) is 4.98. The van der Waals surface area contributed by atoms with E-state index in [-0.39, 0.29) is 28.0 Å². The minimum atomic E-state index is -1.03. The first-order valence-corrected chi connectivity index (χ1v) is 10.8. The fourth-order valence-electron chi connectivity index (χ4n) is 3.75. The number of ether oxygens (including phenoxy) is 1. The van der Waals surface area contributed by atoms with Crippen LogP contribution in [0, 0.1) is 12.3 Å². The van der Waals surface area contributed by atoms with Gasteiger partial charge >= 0.3 is 5.97 Å². The van der Waals surface area contributed by atoms with Crippen LogP contribution in [0.5, 0.6) is 5.75 Å². The third-order valence-electron chi connectivity index (χ3n) is 6.08. The topological polar surface area (TPSA) is 66.8 Å². The van der Waals surface area contributed by atoms with Gasteiger partial charge in [0.2, 0.25) is 0 Å². The van der Waals surface area contributed by atoms with Crippen molar-refractivity contribution in [2.75, 3.05) is 6.61 Å². The number of benzene rings is 2. The Bertz CT molecular complexity index is 895. The van der Waals surface area contributed by atoms with Gasteiger partial charge in [-0.2, -0.15) is 0 Å². The number of aromatic carboxylic acids is 1. The summed E-state index contributed by atoms with van der Waals surface area (Å²) in [7, 11) is 0. The second-order valence-corrected chi connectivity index (χ2v) is 9.37. The Morgan fingerprint density at radius 2 is 1.63 bits per heavy atom. The number of aryl methyl sites for hydroxylation is 1. The van der Waals surface area contributed by atoms with Gasteiger partial charge in [-0.15, -0.1) is 0 Å². The zero-order valence-corrected chi connectivity index (χ0v) is 19.5. The van der Waals surface area contributed by atoms with Crippen molar-refractivity contribution in [3.8, 4) is 5.75 Å². The van der Waals surface area contributed by atoms with E-state index in [2.05, 4.69) is 26.0 Å². The molecule has 5 heteroatoms. The summed E-state index contributed by atoms with van der Waals surface area (Å²) in [5.74, 6) is -0.276. The molecule has 0 aromatic heterocycles. The zero-order chi connectivity index (χ0) is 22.7. The van der Waals surface area contributed by atoms with Crippen LogP contribution in [0.25, 0.3) is 0 Å². The van der Waals surface area contributed by atoms with Crippen molar-refractivity contribution in [2.24, 2.45) is 5.41 Å². The molecular weight excluding hydrogens is 400 g/mol. The molecule has 2 aromatic rings. The number of carboxylic acid groups (broad SMARTS) is 1. The fraction of sp³-hybridized carbons (Fsp3) is 0.480. The maximum absolute atomic E-state index is 11.3. The first-order valence-electron chi connectivity index (χ1n) is 10.4. The number of carbonyl (C=O) groups is 1. The molecule has 2 N–H and O–H groups in total. The lowest BCUT2D eigenvalue weighted by atomic mass is 9.70. The van der Waals surface area contributed by atoms with Crippen molar-refractivity contribution in [3.05, 3.63) is 63.7 Å². The van der Waals surface area contributed by atoms with Gasteiger partial charge in [-0.05, 0) is 60.1 Å². The minimum Gasteiger partial charge on any atom is -0.491 e. The van der Waals surface area contributed by atoms with Gasteiger partial charge in [-0.3, -0.25) is 0 Å². The molecule has 0 saturated heterocycles. The summed E-state index contributed by atoms with van der Waals surface area (Å²) in [5, 5.41) is 19.8. The van der Waals surface area contributed by atoms with Gasteiger partial charge in [0.1, 0.15) is 12.4 Å². The third-order valence-corrected chi connectivity index (χ3v) is 6.40. The quantitative estimate of drug-likeness (QED) is 0.518. The lowest BCUT2D eigenvalue weighted by Crippen LogP contribution is -2.32. The van der Waals surface area contributed by atoms with Crippen LogP contribution in [0.15, 0.2) is 36.4 Å². The molecule has 2 aromatic carbocycles. The molecule has 4 nitrogen and oxygen atoms in total. The van der Waals surface area contributed by atoms with E-state index < -0.39 is 12.1 Å². The van der Waals surface area contributed by atoms with Gasteiger partial charge in [0.25, 0.3) is 0 Å². The summed E-state index contributed by atoms with van der Waals surface area (Å²) in [4.78, 5) is 11.3. The molecule has 0 saturated carbocycles. The highest BCUT2D eigenvalue weighted by Gasteiger charge is 2.32. The van der Waals surface area contributed by atoms with Crippen LogP contribution in [0.2, 0.25) is 5.02 Å². The number of halogens is 1. The highest BCUT2D eigenvalue weighted by Crippen LogP contribution is 2.41. The molecule has 0 spiro atoms. The molecule has 0 bridgehead atoms. The van der Waals surface area contributed by atoms with Crippen molar-refractivity contribution >= 4 is 17.6 Å². The van der Waals surface area contributed by atoms with Crippen molar-refractivity contribution in [1.29, 1.82) is 0 Å². The van der Waals surface area contributed by atoms with Gasteiger partial charge in [0, 0.05) is 5.41 Å². The molecule has 1 atom stereocenters. The first-order chi connectivity index (χ1) is 14.0. The Hall–Kier alpha value is -2.04. The van der Waals surface area contributed by atoms with Crippen molar-refractivity contribution in [3.63, 3.8) is 0 Å². The maximum Gasteiger partial charge on any atom is 0.337 e. The van der Waals surface area contributed by atoms with E-state index in [0.29, 0.717) is 0 Å². The summed E-state index contributed by atoms with van der Waals surface area (Å²) >= 11 is 6.27. The van der Waals surface area contributed by atoms with Gasteiger partial charge in [0.05, 0.1) is 16.7 Å². The fourth-order valence-corrected chi connectivity index (χ4v) is 4.01. The molecule has 0 radical (unpaired) electrons. The molecule has 0 aliphatic rings. The van der Waals surface area contributed by atoms with E-state index in [4.69, 9.17) is 16.3 Å². The van der Waals surface area contributed by atoms with E-state index in [1.807, 2.05) is 39.8 Å². The highest BCUT2D eigenvalue weighted by atomic mass is 35.5. The van der Waals surface area contributed by atoms with Crippen molar-refractivity contribution < 1.29 is 19.7 Å². The second kappa shape index (κ2) is 9.40. The smallest absolute Gasteiger partial charge is 0.337 e. The van der Waals surface area contributed by atoms with Gasteiger partial charge in [-0.1, -0.05) is 64.4 Å². The second-order valence-electron chi connectivity index (χ2n) is 8.96. The number of aliphatic hydroxyl groups excluding tert-OH is 1. The summed E-state index contributed by atoms with van der Waals surface area (Å²) < 4.78 is 5.89. The predicted octanol–water partition coefficient (Wildman–Crippen LogP) is 6.24. The highest BCUT2D eigenvalue weighted by molar-refractivity contribution is 6.33. The molecule has 1 unspecified atom stereocenters. The van der Waals surface area contributed by atoms with E-state index >= 15 is 0 Å². The Balaban J connectivity index is 2.40. The van der Waals surface area contributed by atoms with Crippen LogP contribution in [0.4, 0.5) is 0 Å². The van der Waals surface area contributed by atoms with Crippen LogP contribution < -0.4 is 4.74 Å². The van der Waals surface area contributed by atoms with E-state index in [0.717, 1.165) is 35.3 Å². The van der Waals surface area contributed by atoms with Crippen molar-refractivity contribution in [1.82, 2.24) is 0 Å². The van der Waals surface area contributed by atoms with Gasteiger partial charge in [0.15, 0.2) is 0 Å². The largest absolute Gasteiger partial charge is 0.491 e. The average molecular weight is 433 g/mol. The number of rotatable bonds is 8. The molecular formula is C25H33ClO4. The van der Waals surface area contributed by atoms with Crippen LogP contribution in [-0.4, -0.2) is 28.9 Å². The number of hydrogen-bond donors (Lipinski definition) is 2. The standard InChI is InChI=1S/C25H33ClO4/c1-7-25(8-2,18-9-11-19(23(28)29)20(26)14-18)17-10-12-21(16(3)13-17)30-15-22(27)24(4,5)6/h9-14,22,27H,7-8,15H2,1-6H3,(H,28,29). The Kier molecular flexibility index (Phi) is 7.59. The van der Waals surface area contributed by atoms with Crippen molar-refractivity contribution in [2.45, 2.75) is 65.9 Å². The lowest BCUT2D eigenvalue weighted by molar-refractivity contribution is 0.0216. The van der Waals surface area contributed by atoms with Gasteiger partial charge in [-0.25, -0.2) is 4.79 Å². The van der Waals surface area contributed by atoms with E-state index in [1.54, 1.807) is 12.1 Å². The molecule has 0 aliphatic heterocycles. The van der Waals surface area contributed by atoms with E-state index in [1.165, 1.54) is 0 Å². The SMILES string of the molecule is CCC(CC)(c1ccc(OCC(O)C(C)(C)C)c(C)c1)c1ccc(C(=O)O)c(Cl)c1. The number of carboxylic acids is 1. The number of aliphatic hydroxyl groups is 1. The summed E-state index contributed by atoms with van der Waals surface area (Å²) in [6.45, 7) is 12.4. The zero-order valence-electron chi connectivity index (χ0n) is 18.8. The van der Waals surface area contributed by atoms with Gasteiger partial charge < -0.3 is 14.9 Å².